The average Bonchev–Trinajstić information content (AvgIpc) is 2.23. The lowest BCUT2D eigenvalue weighted by Crippen LogP contribution is -2.46. The molecule has 0 radical (unpaired) electrons. The van der Waals surface area contributed by atoms with Gasteiger partial charge in [0.25, 0.3) is 10.9 Å². The molecule has 2 rings (SSSR count). The zero-order valence-corrected chi connectivity index (χ0v) is 7.13. The largest absolute Gasteiger partial charge is 0.296 e. The SMILES string of the molecule is N=c1c(=O)c(=O)c(=N)c2ccccc12. The monoisotopic (exact) mass is 186 g/mol. The van der Waals surface area contributed by atoms with Crippen LogP contribution in [0.4, 0.5) is 0 Å². The molecule has 0 bridgehead atoms. The molecule has 0 aliphatic heterocycles. The number of rotatable bonds is 0. The van der Waals surface area contributed by atoms with Crippen LogP contribution < -0.4 is 21.6 Å². The highest BCUT2D eigenvalue weighted by Gasteiger charge is 2.05. The van der Waals surface area contributed by atoms with Crippen LogP contribution in [0.15, 0.2) is 33.9 Å². The van der Waals surface area contributed by atoms with Crippen LogP contribution in [0, 0.1) is 10.8 Å². The Labute approximate surface area is 77.8 Å². The normalized spacial score (nSPS) is 10.6. The molecule has 2 aromatic rings. The molecule has 0 heterocycles. The smallest absolute Gasteiger partial charge is 0.253 e. The van der Waals surface area contributed by atoms with Crippen molar-refractivity contribution in [2.45, 2.75) is 0 Å². The van der Waals surface area contributed by atoms with Gasteiger partial charge in [-0.05, 0) is 0 Å². The van der Waals surface area contributed by atoms with Gasteiger partial charge in [0, 0.05) is 10.8 Å². The predicted molar refractivity (Wildman–Crippen MR) is 50.6 cm³/mol. The second-order valence-electron chi connectivity index (χ2n) is 2.95. The number of hydrogen-bond acceptors (Lipinski definition) is 4. The second-order valence-corrected chi connectivity index (χ2v) is 2.95. The molecule has 0 saturated heterocycles. The Hall–Kier alpha value is -2.10. The fourth-order valence-corrected chi connectivity index (χ4v) is 1.39. The zero-order chi connectivity index (χ0) is 10.3. The van der Waals surface area contributed by atoms with E-state index in [-0.39, 0.29) is 10.7 Å². The Morgan fingerprint density at radius 3 is 1.50 bits per heavy atom. The Morgan fingerprint density at radius 2 is 1.14 bits per heavy atom. The number of nitrogens with one attached hydrogen (secondary N) is 2. The van der Waals surface area contributed by atoms with Crippen molar-refractivity contribution in [3.05, 3.63) is 55.4 Å². The van der Waals surface area contributed by atoms with Gasteiger partial charge in [0.1, 0.15) is 10.7 Å². The van der Waals surface area contributed by atoms with Crippen LogP contribution in [0.25, 0.3) is 10.8 Å². The summed E-state index contributed by atoms with van der Waals surface area (Å²) in [6, 6.07) is 6.47. The number of hydrogen-bond donors (Lipinski definition) is 2. The number of benzene rings is 2. The molecule has 0 spiro atoms. The molecular formula is C10H6N2O2. The van der Waals surface area contributed by atoms with Crippen LogP contribution in [0.1, 0.15) is 0 Å². The van der Waals surface area contributed by atoms with Crippen molar-refractivity contribution in [1.82, 2.24) is 0 Å². The van der Waals surface area contributed by atoms with Gasteiger partial charge < -0.3 is 0 Å². The standard InChI is InChI=1S/C10H6N2O2/c11-7-5-3-1-2-4-6(5)8(12)10(14)9(7)13/h1-4,11-12H. The summed E-state index contributed by atoms with van der Waals surface area (Å²) in [5.41, 5.74) is -1.79. The third kappa shape index (κ3) is 0.939. The summed E-state index contributed by atoms with van der Waals surface area (Å²) in [6.07, 6.45) is 0. The van der Waals surface area contributed by atoms with Crippen LogP contribution in [-0.4, -0.2) is 0 Å². The molecule has 2 aromatic carbocycles. The van der Waals surface area contributed by atoms with E-state index in [2.05, 4.69) is 0 Å². The molecule has 4 nitrogen and oxygen atoms in total. The highest BCUT2D eigenvalue weighted by Crippen LogP contribution is 2.00. The molecular weight excluding hydrogens is 180 g/mol. The van der Waals surface area contributed by atoms with Crippen molar-refractivity contribution < 1.29 is 0 Å². The fraction of sp³-hybridized carbons (Fsp3) is 0. The van der Waals surface area contributed by atoms with Gasteiger partial charge in [0.2, 0.25) is 0 Å². The van der Waals surface area contributed by atoms with E-state index in [9.17, 15) is 9.59 Å². The van der Waals surface area contributed by atoms with Gasteiger partial charge in [0.05, 0.1) is 0 Å². The first-order valence-electron chi connectivity index (χ1n) is 3.99. The predicted octanol–water partition coefficient (Wildman–Crippen LogP) is -0.605. The number of fused-ring (bicyclic) bond motifs is 1. The third-order valence-electron chi connectivity index (χ3n) is 2.13. The van der Waals surface area contributed by atoms with Crippen molar-refractivity contribution in [2.24, 2.45) is 0 Å². The summed E-state index contributed by atoms with van der Waals surface area (Å²) >= 11 is 0. The molecule has 0 fully saturated rings. The highest BCUT2D eigenvalue weighted by atomic mass is 16.2. The molecule has 0 aliphatic rings. The molecule has 0 unspecified atom stereocenters. The lowest BCUT2D eigenvalue weighted by molar-refractivity contribution is 1.18. The Kier molecular flexibility index (Phi) is 1.64. The average molecular weight is 186 g/mol. The molecule has 4 heteroatoms. The topological polar surface area (TPSA) is 81.8 Å². The molecule has 0 saturated carbocycles. The molecule has 0 aliphatic carbocycles. The summed E-state index contributed by atoms with van der Waals surface area (Å²) in [5.74, 6) is 0. The summed E-state index contributed by atoms with van der Waals surface area (Å²) in [5, 5.41) is 15.0. The van der Waals surface area contributed by atoms with Crippen LogP contribution in [0.5, 0.6) is 0 Å². The van der Waals surface area contributed by atoms with E-state index in [0.717, 1.165) is 0 Å². The summed E-state index contributed by atoms with van der Waals surface area (Å²) in [4.78, 5) is 22.4. The summed E-state index contributed by atoms with van der Waals surface area (Å²) in [6.45, 7) is 0. The Bertz CT molecular complexity index is 647. The summed E-state index contributed by atoms with van der Waals surface area (Å²) in [7, 11) is 0. The summed E-state index contributed by atoms with van der Waals surface area (Å²) < 4.78 is 0. The van der Waals surface area contributed by atoms with Crippen LogP contribution in [-0.2, 0) is 0 Å². The van der Waals surface area contributed by atoms with Crippen molar-refractivity contribution in [3.63, 3.8) is 0 Å². The molecule has 0 atom stereocenters. The molecule has 0 amide bonds. The Morgan fingerprint density at radius 1 is 0.786 bits per heavy atom. The first kappa shape index (κ1) is 8.50. The minimum atomic E-state index is -0.895. The van der Waals surface area contributed by atoms with E-state index >= 15 is 0 Å². The first-order valence-corrected chi connectivity index (χ1v) is 3.99. The van der Waals surface area contributed by atoms with Gasteiger partial charge in [-0.2, -0.15) is 0 Å². The fourth-order valence-electron chi connectivity index (χ4n) is 1.39. The van der Waals surface area contributed by atoms with Crippen molar-refractivity contribution in [2.75, 3.05) is 0 Å². The van der Waals surface area contributed by atoms with Gasteiger partial charge in [-0.3, -0.25) is 20.4 Å². The van der Waals surface area contributed by atoms with E-state index in [1.807, 2.05) is 0 Å². The van der Waals surface area contributed by atoms with Crippen molar-refractivity contribution in [3.8, 4) is 0 Å². The van der Waals surface area contributed by atoms with E-state index < -0.39 is 10.9 Å². The van der Waals surface area contributed by atoms with Gasteiger partial charge in [-0.1, -0.05) is 24.3 Å². The van der Waals surface area contributed by atoms with Gasteiger partial charge in [-0.25, -0.2) is 0 Å². The quantitative estimate of drug-likeness (QED) is 0.538. The van der Waals surface area contributed by atoms with Gasteiger partial charge in [0.15, 0.2) is 0 Å². The highest BCUT2D eigenvalue weighted by molar-refractivity contribution is 5.80. The zero-order valence-electron chi connectivity index (χ0n) is 7.13. The van der Waals surface area contributed by atoms with E-state index in [4.69, 9.17) is 10.8 Å². The Balaban J connectivity index is 3.38. The van der Waals surface area contributed by atoms with E-state index in [0.29, 0.717) is 10.8 Å². The van der Waals surface area contributed by atoms with E-state index in [1.165, 1.54) is 0 Å². The maximum absolute atomic E-state index is 11.2. The van der Waals surface area contributed by atoms with E-state index in [1.54, 1.807) is 24.3 Å². The van der Waals surface area contributed by atoms with Gasteiger partial charge >= 0.3 is 0 Å². The maximum atomic E-state index is 11.2. The minimum absolute atomic E-state index is 0.318. The van der Waals surface area contributed by atoms with Crippen LogP contribution in [0.2, 0.25) is 0 Å². The van der Waals surface area contributed by atoms with Crippen molar-refractivity contribution in [1.29, 1.82) is 10.8 Å². The van der Waals surface area contributed by atoms with Crippen molar-refractivity contribution >= 4 is 10.8 Å². The van der Waals surface area contributed by atoms with Crippen LogP contribution >= 0.6 is 0 Å². The molecule has 68 valence electrons. The van der Waals surface area contributed by atoms with Gasteiger partial charge in [-0.15, -0.1) is 0 Å². The minimum Gasteiger partial charge on any atom is -0.296 e. The maximum Gasteiger partial charge on any atom is 0.253 e. The third-order valence-corrected chi connectivity index (χ3v) is 2.13. The van der Waals surface area contributed by atoms with Crippen LogP contribution in [0.3, 0.4) is 0 Å². The lowest BCUT2D eigenvalue weighted by Gasteiger charge is -1.93. The first-order chi connectivity index (χ1) is 6.63. The molecule has 2 N–H and O–H groups in total. The second kappa shape index (κ2) is 2.70. The molecule has 14 heavy (non-hydrogen) atoms. The lowest BCUT2D eigenvalue weighted by atomic mass is 10.1. The molecule has 0 aromatic heterocycles.